The zero-order chi connectivity index (χ0) is 13.4. The van der Waals surface area contributed by atoms with E-state index in [1.165, 1.54) is 5.56 Å². The Morgan fingerprint density at radius 1 is 0.950 bits per heavy atom. The molecule has 0 atom stereocenters. The lowest BCUT2D eigenvalue weighted by Crippen LogP contribution is -2.16. The second kappa shape index (κ2) is 4.72. The smallest absolute Gasteiger partial charge is 0.231 e. The Morgan fingerprint density at radius 2 is 1.90 bits per heavy atom. The fraction of sp³-hybridized carbons (Fsp3) is 0.250. The molecule has 2 aliphatic heterocycles. The summed E-state index contributed by atoms with van der Waals surface area (Å²) in [6.45, 7) is 2.70. The number of nitrogens with one attached hydrogen (secondary N) is 1. The summed E-state index contributed by atoms with van der Waals surface area (Å²) >= 11 is 0. The molecular formula is C16H15NO3. The van der Waals surface area contributed by atoms with Crippen molar-refractivity contribution < 1.29 is 14.2 Å². The van der Waals surface area contributed by atoms with Crippen LogP contribution in [0.2, 0.25) is 0 Å². The number of rotatable bonds is 1. The molecule has 0 spiro atoms. The lowest BCUT2D eigenvalue weighted by molar-refractivity contribution is 0.174. The molecule has 0 saturated carbocycles. The van der Waals surface area contributed by atoms with E-state index in [1.807, 2.05) is 18.2 Å². The number of hydrogen-bond donors (Lipinski definition) is 1. The van der Waals surface area contributed by atoms with Gasteiger partial charge in [0.15, 0.2) is 11.5 Å². The van der Waals surface area contributed by atoms with Crippen LogP contribution in [-0.4, -0.2) is 19.9 Å². The highest BCUT2D eigenvalue weighted by molar-refractivity contribution is 5.74. The molecule has 0 radical (unpaired) electrons. The molecule has 2 heterocycles. The minimum absolute atomic E-state index is 0.298. The number of benzene rings is 2. The van der Waals surface area contributed by atoms with Crippen molar-refractivity contribution in [1.29, 1.82) is 0 Å². The maximum Gasteiger partial charge on any atom is 0.231 e. The molecule has 102 valence electrons. The van der Waals surface area contributed by atoms with Crippen LogP contribution >= 0.6 is 0 Å². The molecule has 0 fully saturated rings. The van der Waals surface area contributed by atoms with Gasteiger partial charge >= 0.3 is 0 Å². The maximum absolute atomic E-state index is 5.92. The Bertz CT molecular complexity index is 654. The van der Waals surface area contributed by atoms with Crippen LogP contribution in [0.1, 0.15) is 5.56 Å². The zero-order valence-corrected chi connectivity index (χ0v) is 11.0. The highest BCUT2D eigenvalue weighted by Gasteiger charge is 2.18. The maximum atomic E-state index is 5.92. The SMILES string of the molecule is c1cc2c(c(-c3ccc4c(c3)OCO4)c1)OCCNC2. The molecule has 0 unspecified atom stereocenters. The summed E-state index contributed by atoms with van der Waals surface area (Å²) < 4.78 is 16.7. The van der Waals surface area contributed by atoms with Crippen molar-refractivity contribution in [3.8, 4) is 28.4 Å². The highest BCUT2D eigenvalue weighted by atomic mass is 16.7. The van der Waals surface area contributed by atoms with Crippen molar-refractivity contribution >= 4 is 0 Å². The van der Waals surface area contributed by atoms with Gasteiger partial charge in [-0.25, -0.2) is 0 Å². The first-order valence-corrected chi connectivity index (χ1v) is 6.77. The number of ether oxygens (including phenoxy) is 3. The van der Waals surface area contributed by atoms with Crippen molar-refractivity contribution in [1.82, 2.24) is 5.32 Å². The average Bonchev–Trinajstić information content (AvgIpc) is 2.82. The number of hydrogen-bond acceptors (Lipinski definition) is 4. The van der Waals surface area contributed by atoms with Gasteiger partial charge in [0.1, 0.15) is 12.4 Å². The van der Waals surface area contributed by atoms with E-state index < -0.39 is 0 Å². The lowest BCUT2D eigenvalue weighted by atomic mass is 10.0. The number of para-hydroxylation sites is 1. The predicted molar refractivity (Wildman–Crippen MR) is 75.2 cm³/mol. The number of fused-ring (bicyclic) bond motifs is 2. The molecule has 20 heavy (non-hydrogen) atoms. The summed E-state index contributed by atoms with van der Waals surface area (Å²) in [5, 5.41) is 3.35. The molecule has 2 aromatic rings. The van der Waals surface area contributed by atoms with Crippen LogP contribution < -0.4 is 19.5 Å². The van der Waals surface area contributed by atoms with E-state index in [0.717, 1.165) is 41.5 Å². The van der Waals surface area contributed by atoms with Crippen molar-refractivity contribution in [2.24, 2.45) is 0 Å². The van der Waals surface area contributed by atoms with Crippen molar-refractivity contribution in [3.63, 3.8) is 0 Å². The second-order valence-corrected chi connectivity index (χ2v) is 4.89. The Morgan fingerprint density at radius 3 is 2.90 bits per heavy atom. The third kappa shape index (κ3) is 1.89. The molecule has 0 amide bonds. The van der Waals surface area contributed by atoms with E-state index in [1.54, 1.807) is 0 Å². The Balaban J connectivity index is 1.82. The summed E-state index contributed by atoms with van der Waals surface area (Å²) in [5.41, 5.74) is 3.38. The van der Waals surface area contributed by atoms with Crippen molar-refractivity contribution in [3.05, 3.63) is 42.0 Å². The molecule has 4 rings (SSSR count). The largest absolute Gasteiger partial charge is 0.491 e. The van der Waals surface area contributed by atoms with E-state index in [-0.39, 0.29) is 0 Å². The molecular weight excluding hydrogens is 254 g/mol. The van der Waals surface area contributed by atoms with E-state index in [2.05, 4.69) is 23.5 Å². The third-order valence-electron chi connectivity index (χ3n) is 3.62. The molecule has 0 aromatic heterocycles. The Hall–Kier alpha value is -2.20. The molecule has 4 heteroatoms. The summed E-state index contributed by atoms with van der Waals surface area (Å²) in [5.74, 6) is 2.57. The monoisotopic (exact) mass is 269 g/mol. The first kappa shape index (κ1) is 11.6. The average molecular weight is 269 g/mol. The van der Waals surface area contributed by atoms with Crippen LogP contribution in [0.25, 0.3) is 11.1 Å². The van der Waals surface area contributed by atoms with E-state index in [0.29, 0.717) is 13.4 Å². The Labute approximate surface area is 117 Å². The van der Waals surface area contributed by atoms with Gasteiger partial charge in [0.2, 0.25) is 6.79 Å². The molecule has 0 aliphatic carbocycles. The molecule has 0 saturated heterocycles. The Kier molecular flexibility index (Phi) is 2.74. The minimum Gasteiger partial charge on any atom is -0.491 e. The van der Waals surface area contributed by atoms with Crippen LogP contribution in [0.15, 0.2) is 36.4 Å². The molecule has 4 nitrogen and oxygen atoms in total. The van der Waals surface area contributed by atoms with E-state index >= 15 is 0 Å². The normalized spacial score (nSPS) is 16.2. The zero-order valence-electron chi connectivity index (χ0n) is 11.0. The fourth-order valence-electron chi connectivity index (χ4n) is 2.63. The van der Waals surface area contributed by atoms with Gasteiger partial charge < -0.3 is 19.5 Å². The lowest BCUT2D eigenvalue weighted by Gasteiger charge is -2.13. The van der Waals surface area contributed by atoms with Gasteiger partial charge in [-0.05, 0) is 17.7 Å². The van der Waals surface area contributed by atoms with Crippen LogP contribution in [0.3, 0.4) is 0 Å². The van der Waals surface area contributed by atoms with E-state index in [9.17, 15) is 0 Å². The minimum atomic E-state index is 0.298. The summed E-state index contributed by atoms with van der Waals surface area (Å²) in [7, 11) is 0. The highest BCUT2D eigenvalue weighted by Crippen LogP contribution is 2.40. The summed E-state index contributed by atoms with van der Waals surface area (Å²) in [6, 6.07) is 12.3. The van der Waals surface area contributed by atoms with Crippen LogP contribution in [0, 0.1) is 0 Å². The first-order chi connectivity index (χ1) is 9.92. The van der Waals surface area contributed by atoms with Gasteiger partial charge in [0, 0.05) is 24.2 Å². The van der Waals surface area contributed by atoms with Crippen LogP contribution in [-0.2, 0) is 6.54 Å². The van der Waals surface area contributed by atoms with Gasteiger partial charge in [0.25, 0.3) is 0 Å². The third-order valence-corrected chi connectivity index (χ3v) is 3.62. The van der Waals surface area contributed by atoms with Crippen molar-refractivity contribution in [2.45, 2.75) is 6.54 Å². The fourth-order valence-corrected chi connectivity index (χ4v) is 2.63. The van der Waals surface area contributed by atoms with Crippen LogP contribution in [0.4, 0.5) is 0 Å². The van der Waals surface area contributed by atoms with Gasteiger partial charge in [0.05, 0.1) is 0 Å². The molecule has 2 aliphatic rings. The van der Waals surface area contributed by atoms with Gasteiger partial charge in [-0.15, -0.1) is 0 Å². The van der Waals surface area contributed by atoms with Gasteiger partial charge in [-0.1, -0.05) is 24.3 Å². The topological polar surface area (TPSA) is 39.7 Å². The van der Waals surface area contributed by atoms with Crippen molar-refractivity contribution in [2.75, 3.05) is 19.9 Å². The van der Waals surface area contributed by atoms with E-state index in [4.69, 9.17) is 14.2 Å². The quantitative estimate of drug-likeness (QED) is 0.863. The predicted octanol–water partition coefficient (Wildman–Crippen LogP) is 2.56. The molecule has 0 bridgehead atoms. The van der Waals surface area contributed by atoms with Gasteiger partial charge in [-0.3, -0.25) is 0 Å². The van der Waals surface area contributed by atoms with Crippen LogP contribution in [0.5, 0.6) is 17.2 Å². The molecule has 2 aromatic carbocycles. The van der Waals surface area contributed by atoms with Gasteiger partial charge in [-0.2, -0.15) is 0 Å². The molecule has 1 N–H and O–H groups in total. The first-order valence-electron chi connectivity index (χ1n) is 6.77. The second-order valence-electron chi connectivity index (χ2n) is 4.89. The summed E-state index contributed by atoms with van der Waals surface area (Å²) in [6.07, 6.45) is 0. The standard InChI is InChI=1S/C16H15NO3/c1-2-12-9-17-6-7-18-16(12)13(3-1)11-4-5-14-15(8-11)20-10-19-14/h1-5,8,17H,6-7,9-10H2. The summed E-state index contributed by atoms with van der Waals surface area (Å²) in [4.78, 5) is 0.